The summed E-state index contributed by atoms with van der Waals surface area (Å²) in [5.41, 5.74) is 28.3. The van der Waals surface area contributed by atoms with Crippen molar-refractivity contribution in [2.75, 3.05) is 9.80 Å². The fourth-order valence-corrected chi connectivity index (χ4v) is 20.0. The molecule has 15 aromatic rings. The van der Waals surface area contributed by atoms with Gasteiger partial charge in [-0.1, -0.05) is 255 Å². The molecule has 18 rings (SSSR count). The van der Waals surface area contributed by atoms with Crippen molar-refractivity contribution >= 4 is 44.2 Å². The highest BCUT2D eigenvalue weighted by atomic mass is 32.3. The first-order valence-corrected chi connectivity index (χ1v) is 34.1. The van der Waals surface area contributed by atoms with E-state index in [9.17, 15) is 0 Å². The monoisotopic (exact) mass is 1210 g/mol. The summed E-state index contributed by atoms with van der Waals surface area (Å²) in [6.07, 6.45) is 0. The van der Waals surface area contributed by atoms with Crippen LogP contribution < -0.4 is 9.80 Å². The van der Waals surface area contributed by atoms with Crippen molar-refractivity contribution in [2.24, 2.45) is 0 Å². The quantitative estimate of drug-likeness (QED) is 0.120. The summed E-state index contributed by atoms with van der Waals surface area (Å²) in [5, 5.41) is 0. The summed E-state index contributed by atoms with van der Waals surface area (Å²) >= 11 is 0. The first-order chi connectivity index (χ1) is 46.6. The number of fused-ring (bicyclic) bond motifs is 13. The molecule has 0 saturated heterocycles. The van der Waals surface area contributed by atoms with Crippen LogP contribution in [0, 0.1) is 0 Å². The van der Waals surface area contributed by atoms with Gasteiger partial charge in [-0.2, -0.15) is 0 Å². The topological polar surface area (TPSA) is 6.48 Å². The Morgan fingerprint density at radius 3 is 0.968 bits per heavy atom. The van der Waals surface area contributed by atoms with E-state index < -0.39 is 15.4 Å². The van der Waals surface area contributed by atoms with Crippen LogP contribution in [0.5, 0.6) is 0 Å². The maximum absolute atomic E-state index is 2.55. The van der Waals surface area contributed by atoms with Crippen molar-refractivity contribution in [3.05, 3.63) is 398 Å². The molecule has 1 heterocycles. The van der Waals surface area contributed by atoms with E-state index in [-0.39, 0.29) is 0 Å². The van der Waals surface area contributed by atoms with Crippen molar-refractivity contribution in [2.45, 2.75) is 25.0 Å². The van der Waals surface area contributed by atoms with Gasteiger partial charge < -0.3 is 9.80 Å². The Balaban J connectivity index is 0.863. The summed E-state index contributed by atoms with van der Waals surface area (Å²) < 4.78 is 0. The van der Waals surface area contributed by atoms with Crippen molar-refractivity contribution in [1.82, 2.24) is 0 Å². The Hall–Kier alpha value is -11.8. The molecule has 0 aromatic heterocycles. The van der Waals surface area contributed by atoms with E-state index in [1.54, 1.807) is 0 Å². The van der Waals surface area contributed by atoms with E-state index in [0.717, 1.165) is 39.7 Å². The molecule has 3 heteroatoms. The maximum Gasteiger partial charge on any atom is 0.0726 e. The van der Waals surface area contributed by atoms with Crippen LogP contribution in [0.4, 0.5) is 34.1 Å². The number of hydrogen-bond acceptors (Lipinski definition) is 2. The molecule has 0 radical (unpaired) electrons. The highest BCUT2D eigenvalue weighted by molar-refractivity contribution is 8.34. The van der Waals surface area contributed by atoms with E-state index in [0.29, 0.717) is 0 Å². The highest BCUT2D eigenvalue weighted by Crippen LogP contribution is 2.80. The molecule has 0 fully saturated rings. The van der Waals surface area contributed by atoms with Crippen LogP contribution in [-0.2, 0) is 5.41 Å². The second-order valence-electron chi connectivity index (χ2n) is 24.6. The lowest BCUT2D eigenvalue weighted by atomic mass is 9.70. The van der Waals surface area contributed by atoms with Gasteiger partial charge in [0.2, 0.25) is 0 Å². The van der Waals surface area contributed by atoms with Crippen LogP contribution in [0.15, 0.2) is 396 Å². The average Bonchev–Trinajstić information content (AvgIpc) is 1.50. The first-order valence-electron chi connectivity index (χ1n) is 32.5. The molecule has 15 aromatic carbocycles. The largest absolute Gasteiger partial charge is 0.311 e. The number of hydrogen-bond donors (Lipinski definition) is 0. The van der Waals surface area contributed by atoms with Crippen LogP contribution in [0.2, 0.25) is 0 Å². The van der Waals surface area contributed by atoms with Crippen LogP contribution in [-0.4, -0.2) is 0 Å². The molecule has 442 valence electrons. The SMILES string of the molecule is c1ccc(-c2ccc3c(c2)-c2c(-c4ccc(N(c5ccccc5)c5ccccc5)cc4)cccc2C32c3ccc(-c4ccc5c(c4)S(c4ccccc4)(c4ccccc4)c4ccccc4-5)cc3-c3c(-c4ccc(N(c5ccccc5)c5ccccc5)cc4)cccc32)cc1. The van der Waals surface area contributed by atoms with Crippen molar-refractivity contribution < 1.29 is 0 Å². The van der Waals surface area contributed by atoms with Gasteiger partial charge in [-0.05, 0) is 221 Å². The lowest BCUT2D eigenvalue weighted by molar-refractivity contribution is 0.794. The van der Waals surface area contributed by atoms with Gasteiger partial charge in [-0.25, -0.2) is 0 Å². The molecule has 3 aliphatic rings. The zero-order valence-corrected chi connectivity index (χ0v) is 52.4. The van der Waals surface area contributed by atoms with Gasteiger partial charge in [0.05, 0.1) is 5.41 Å². The number of rotatable bonds is 12. The van der Waals surface area contributed by atoms with Gasteiger partial charge >= 0.3 is 0 Å². The van der Waals surface area contributed by atoms with Gasteiger partial charge in [0.1, 0.15) is 0 Å². The predicted molar refractivity (Wildman–Crippen MR) is 393 cm³/mol. The molecule has 1 aliphatic heterocycles. The van der Waals surface area contributed by atoms with E-state index >= 15 is 0 Å². The van der Waals surface area contributed by atoms with Crippen LogP contribution in [0.25, 0.3) is 77.9 Å². The Morgan fingerprint density at radius 1 is 0.191 bits per heavy atom. The normalized spacial score (nSPS) is 14.4. The third-order valence-electron chi connectivity index (χ3n) is 19.7. The second-order valence-corrected chi connectivity index (χ2v) is 27.7. The third-order valence-corrected chi connectivity index (χ3v) is 23.7. The molecule has 94 heavy (non-hydrogen) atoms. The molecule has 0 saturated carbocycles. The molecule has 1 spiro atoms. The molecular weight excluding hydrogens is 1150 g/mol. The average molecular weight is 1220 g/mol. The van der Waals surface area contributed by atoms with Crippen LogP contribution in [0.1, 0.15) is 22.3 Å². The Morgan fingerprint density at radius 2 is 0.521 bits per heavy atom. The van der Waals surface area contributed by atoms with Crippen molar-refractivity contribution in [3.8, 4) is 77.9 Å². The minimum Gasteiger partial charge on any atom is -0.311 e. The minimum atomic E-state index is -1.89. The van der Waals surface area contributed by atoms with Crippen molar-refractivity contribution in [1.29, 1.82) is 0 Å². The van der Waals surface area contributed by atoms with E-state index in [4.69, 9.17) is 0 Å². The van der Waals surface area contributed by atoms with E-state index in [2.05, 4.69) is 386 Å². The molecule has 1 atom stereocenters. The van der Waals surface area contributed by atoms with Gasteiger partial charge in [0.15, 0.2) is 0 Å². The number of benzene rings is 15. The standard InChI is InChI=1S/C91H62N2S/c1-8-26-63(27-9-1)66-51-58-83-81(60-66)89-77(64-46-53-73(54-47-64)92(69-28-10-2-11-29-69)70-30-12-3-13-31-70)41-24-43-85(89)91(83)84-59-52-67(68-50-57-80-79-40-22-23-45-87(79)94(88(80)62-68,75-36-18-6-19-37-75)76-38-20-7-21-39-76)61-82(84)90-78(42-25-44-86(90)91)65-48-55-74(56-49-65)93(71-32-14-4-15-33-71)72-34-16-5-17-35-72/h1-62H. The first kappa shape index (κ1) is 55.1. The summed E-state index contributed by atoms with van der Waals surface area (Å²) in [6.45, 7) is 0. The van der Waals surface area contributed by atoms with Gasteiger partial charge in [-0.15, -0.1) is 10.0 Å². The molecular formula is C91H62N2S. The predicted octanol–water partition coefficient (Wildman–Crippen LogP) is 25.0. The summed E-state index contributed by atoms with van der Waals surface area (Å²) in [4.78, 5) is 10.1. The Bertz CT molecular complexity index is 5210. The number of para-hydroxylation sites is 4. The molecule has 2 nitrogen and oxygen atoms in total. The summed E-state index contributed by atoms with van der Waals surface area (Å²) in [7, 11) is -1.89. The highest BCUT2D eigenvalue weighted by Gasteiger charge is 2.53. The lowest BCUT2D eigenvalue weighted by Gasteiger charge is -2.39. The van der Waals surface area contributed by atoms with Crippen LogP contribution in [0.3, 0.4) is 0 Å². The van der Waals surface area contributed by atoms with Crippen LogP contribution >= 0.6 is 10.0 Å². The molecule has 0 N–H and O–H groups in total. The van der Waals surface area contributed by atoms with E-state index in [1.807, 2.05) is 0 Å². The Labute approximate surface area is 551 Å². The molecule has 2 aliphatic carbocycles. The zero-order chi connectivity index (χ0) is 62.2. The fourth-order valence-electron chi connectivity index (χ4n) is 15.7. The van der Waals surface area contributed by atoms with Crippen molar-refractivity contribution in [3.63, 3.8) is 0 Å². The smallest absolute Gasteiger partial charge is 0.0726 e. The summed E-state index contributed by atoms with van der Waals surface area (Å²) in [6, 6.07) is 140. The fraction of sp³-hybridized carbons (Fsp3) is 0.0110. The van der Waals surface area contributed by atoms with Gasteiger partial charge in [0.25, 0.3) is 0 Å². The minimum absolute atomic E-state index is 0.677. The number of anilines is 6. The molecule has 0 amide bonds. The van der Waals surface area contributed by atoms with Gasteiger partial charge in [-0.3, -0.25) is 0 Å². The Kier molecular flexibility index (Phi) is 13.2. The van der Waals surface area contributed by atoms with Gasteiger partial charge in [0, 0.05) is 53.7 Å². The lowest BCUT2D eigenvalue weighted by Crippen LogP contribution is -2.25. The zero-order valence-electron chi connectivity index (χ0n) is 51.6. The summed E-state index contributed by atoms with van der Waals surface area (Å²) in [5.74, 6) is 0. The third kappa shape index (κ3) is 8.59. The molecule has 1 unspecified atom stereocenters. The van der Waals surface area contributed by atoms with E-state index in [1.165, 1.54) is 114 Å². The maximum atomic E-state index is 2.55. The second kappa shape index (κ2) is 22.6. The molecule has 0 bridgehead atoms. The number of nitrogens with zero attached hydrogens (tertiary/aromatic N) is 2.